The second kappa shape index (κ2) is 6.31. The SMILES string of the molecule is OC(CNC1CC2CCC1O2)COc1cccc(Cl)c1. The number of halogens is 1. The molecule has 0 radical (unpaired) electrons. The van der Waals surface area contributed by atoms with Crippen LogP contribution in [0.4, 0.5) is 0 Å². The van der Waals surface area contributed by atoms with E-state index >= 15 is 0 Å². The van der Waals surface area contributed by atoms with Gasteiger partial charge in [-0.15, -0.1) is 0 Å². The molecule has 110 valence electrons. The van der Waals surface area contributed by atoms with Crippen molar-refractivity contribution in [2.24, 2.45) is 0 Å². The van der Waals surface area contributed by atoms with Crippen molar-refractivity contribution in [3.8, 4) is 5.75 Å². The number of nitrogens with one attached hydrogen (secondary N) is 1. The zero-order valence-corrected chi connectivity index (χ0v) is 12.1. The van der Waals surface area contributed by atoms with Gasteiger partial charge in [-0.05, 0) is 37.5 Å². The molecule has 2 heterocycles. The first-order chi connectivity index (χ1) is 9.70. The third kappa shape index (κ3) is 3.44. The second-order valence-electron chi connectivity index (χ2n) is 5.55. The first-order valence-electron chi connectivity index (χ1n) is 7.16. The molecule has 0 spiro atoms. The van der Waals surface area contributed by atoms with Crippen molar-refractivity contribution in [1.82, 2.24) is 5.32 Å². The summed E-state index contributed by atoms with van der Waals surface area (Å²) in [6, 6.07) is 7.58. The maximum atomic E-state index is 9.95. The molecule has 4 nitrogen and oxygen atoms in total. The molecule has 0 amide bonds. The maximum absolute atomic E-state index is 9.95. The number of ether oxygens (including phenoxy) is 2. The lowest BCUT2D eigenvalue weighted by molar-refractivity contribution is 0.0853. The molecular formula is C15H20ClNO3. The molecule has 20 heavy (non-hydrogen) atoms. The molecule has 2 N–H and O–H groups in total. The van der Waals surface area contributed by atoms with E-state index in [1.54, 1.807) is 12.1 Å². The van der Waals surface area contributed by atoms with Crippen molar-refractivity contribution in [1.29, 1.82) is 0 Å². The van der Waals surface area contributed by atoms with Crippen LogP contribution in [0.2, 0.25) is 5.02 Å². The molecule has 0 aromatic heterocycles. The van der Waals surface area contributed by atoms with E-state index < -0.39 is 6.10 Å². The van der Waals surface area contributed by atoms with E-state index in [1.807, 2.05) is 12.1 Å². The Morgan fingerprint density at radius 1 is 1.45 bits per heavy atom. The van der Waals surface area contributed by atoms with E-state index in [0.29, 0.717) is 35.6 Å². The van der Waals surface area contributed by atoms with Gasteiger partial charge in [0.05, 0.1) is 12.2 Å². The van der Waals surface area contributed by atoms with E-state index in [4.69, 9.17) is 21.1 Å². The summed E-state index contributed by atoms with van der Waals surface area (Å²) in [5, 5.41) is 14.0. The average Bonchev–Trinajstić information content (AvgIpc) is 3.05. The molecule has 0 aliphatic carbocycles. The lowest BCUT2D eigenvalue weighted by Crippen LogP contribution is -2.42. The standard InChI is InChI=1S/C15H20ClNO3/c16-10-2-1-3-12(6-10)19-9-11(18)8-17-14-7-13-4-5-15(14)20-13/h1-3,6,11,13-15,17-18H,4-5,7-9H2. The van der Waals surface area contributed by atoms with Gasteiger partial charge >= 0.3 is 0 Å². The number of benzene rings is 1. The number of rotatable bonds is 6. The van der Waals surface area contributed by atoms with Crippen molar-refractivity contribution in [2.75, 3.05) is 13.2 Å². The topological polar surface area (TPSA) is 50.7 Å². The first-order valence-corrected chi connectivity index (χ1v) is 7.54. The molecule has 4 atom stereocenters. The summed E-state index contributed by atoms with van der Waals surface area (Å²) in [5.74, 6) is 0.680. The highest BCUT2D eigenvalue weighted by Gasteiger charge is 2.40. The minimum absolute atomic E-state index is 0.259. The Bertz CT molecular complexity index is 456. The molecule has 2 saturated heterocycles. The van der Waals surface area contributed by atoms with Crippen LogP contribution in [0.15, 0.2) is 24.3 Å². The van der Waals surface area contributed by atoms with Gasteiger partial charge in [-0.3, -0.25) is 0 Å². The van der Waals surface area contributed by atoms with Gasteiger partial charge in [-0.1, -0.05) is 17.7 Å². The smallest absolute Gasteiger partial charge is 0.120 e. The van der Waals surface area contributed by atoms with Crippen molar-refractivity contribution in [3.05, 3.63) is 29.3 Å². The summed E-state index contributed by atoms with van der Waals surface area (Å²) in [6.45, 7) is 0.785. The Morgan fingerprint density at radius 3 is 3.05 bits per heavy atom. The predicted molar refractivity (Wildman–Crippen MR) is 77.3 cm³/mol. The molecule has 1 aromatic rings. The van der Waals surface area contributed by atoms with Crippen LogP contribution < -0.4 is 10.1 Å². The zero-order chi connectivity index (χ0) is 13.9. The van der Waals surface area contributed by atoms with Crippen LogP contribution in [0.1, 0.15) is 19.3 Å². The average molecular weight is 298 g/mol. The molecule has 2 aliphatic rings. The monoisotopic (exact) mass is 297 g/mol. The predicted octanol–water partition coefficient (Wildman–Crippen LogP) is 1.99. The third-order valence-electron chi connectivity index (χ3n) is 3.96. The summed E-state index contributed by atoms with van der Waals surface area (Å²) in [7, 11) is 0. The summed E-state index contributed by atoms with van der Waals surface area (Å²) >= 11 is 5.87. The van der Waals surface area contributed by atoms with E-state index in [2.05, 4.69) is 5.32 Å². The molecule has 2 bridgehead atoms. The molecule has 3 rings (SSSR count). The van der Waals surface area contributed by atoms with Gasteiger partial charge in [-0.2, -0.15) is 0 Å². The van der Waals surface area contributed by atoms with Crippen LogP contribution in [0, 0.1) is 0 Å². The molecular weight excluding hydrogens is 278 g/mol. The molecule has 5 heteroatoms. The van der Waals surface area contributed by atoms with Crippen LogP contribution in [0.5, 0.6) is 5.75 Å². The van der Waals surface area contributed by atoms with Crippen molar-refractivity contribution in [2.45, 2.75) is 43.6 Å². The summed E-state index contributed by atoms with van der Waals surface area (Å²) in [4.78, 5) is 0. The van der Waals surface area contributed by atoms with Gasteiger partial charge in [-0.25, -0.2) is 0 Å². The van der Waals surface area contributed by atoms with Gasteiger partial charge in [0.25, 0.3) is 0 Å². The minimum atomic E-state index is -0.534. The van der Waals surface area contributed by atoms with Gasteiger partial charge in [0, 0.05) is 17.6 Å². The number of aliphatic hydroxyl groups is 1. The fourth-order valence-corrected chi connectivity index (χ4v) is 3.13. The summed E-state index contributed by atoms with van der Waals surface area (Å²) < 4.78 is 11.3. The van der Waals surface area contributed by atoms with E-state index in [0.717, 1.165) is 12.8 Å². The molecule has 2 aliphatic heterocycles. The first kappa shape index (κ1) is 14.1. The summed E-state index contributed by atoms with van der Waals surface area (Å²) in [6.07, 6.45) is 3.61. The van der Waals surface area contributed by atoms with Gasteiger partial charge < -0.3 is 19.9 Å². The van der Waals surface area contributed by atoms with E-state index in [1.165, 1.54) is 6.42 Å². The van der Waals surface area contributed by atoms with Gasteiger partial charge in [0.2, 0.25) is 0 Å². The highest BCUT2D eigenvalue weighted by atomic mass is 35.5. The fourth-order valence-electron chi connectivity index (χ4n) is 2.95. The van der Waals surface area contributed by atoms with Crippen molar-refractivity contribution in [3.63, 3.8) is 0 Å². The van der Waals surface area contributed by atoms with Gasteiger partial charge in [0.1, 0.15) is 18.5 Å². The Kier molecular flexibility index (Phi) is 4.46. The van der Waals surface area contributed by atoms with Crippen molar-refractivity contribution < 1.29 is 14.6 Å². The highest BCUT2D eigenvalue weighted by molar-refractivity contribution is 6.30. The molecule has 1 aromatic carbocycles. The van der Waals surface area contributed by atoms with Crippen LogP contribution in [0.3, 0.4) is 0 Å². The van der Waals surface area contributed by atoms with E-state index in [-0.39, 0.29) is 6.61 Å². The second-order valence-corrected chi connectivity index (χ2v) is 5.98. The lowest BCUT2D eigenvalue weighted by atomic mass is 9.95. The maximum Gasteiger partial charge on any atom is 0.120 e. The van der Waals surface area contributed by atoms with Crippen LogP contribution in [-0.4, -0.2) is 42.6 Å². The Morgan fingerprint density at radius 2 is 2.35 bits per heavy atom. The molecule has 0 saturated carbocycles. The number of hydrogen-bond acceptors (Lipinski definition) is 4. The van der Waals surface area contributed by atoms with Gasteiger partial charge in [0.15, 0.2) is 0 Å². The Hall–Kier alpha value is -0.810. The van der Waals surface area contributed by atoms with Crippen LogP contribution in [0.25, 0.3) is 0 Å². The molecule has 2 fully saturated rings. The largest absolute Gasteiger partial charge is 0.491 e. The number of hydrogen-bond donors (Lipinski definition) is 2. The quantitative estimate of drug-likeness (QED) is 0.843. The number of aliphatic hydroxyl groups excluding tert-OH is 1. The summed E-state index contributed by atoms with van der Waals surface area (Å²) in [5.41, 5.74) is 0. The normalized spacial score (nSPS) is 29.6. The lowest BCUT2D eigenvalue weighted by Gasteiger charge is -2.22. The van der Waals surface area contributed by atoms with Crippen LogP contribution in [-0.2, 0) is 4.74 Å². The number of fused-ring (bicyclic) bond motifs is 2. The fraction of sp³-hybridized carbons (Fsp3) is 0.600. The van der Waals surface area contributed by atoms with Crippen LogP contribution >= 0.6 is 11.6 Å². The zero-order valence-electron chi connectivity index (χ0n) is 11.3. The van der Waals surface area contributed by atoms with E-state index in [9.17, 15) is 5.11 Å². The Labute approximate surface area is 124 Å². The minimum Gasteiger partial charge on any atom is -0.491 e. The highest BCUT2D eigenvalue weighted by Crippen LogP contribution is 2.34. The Balaban J connectivity index is 1.38. The third-order valence-corrected chi connectivity index (χ3v) is 4.20. The molecule has 4 unspecified atom stereocenters. The van der Waals surface area contributed by atoms with Crippen molar-refractivity contribution >= 4 is 11.6 Å².